The summed E-state index contributed by atoms with van der Waals surface area (Å²) in [5, 5.41) is 2.26. The van der Waals surface area contributed by atoms with Gasteiger partial charge in [-0.3, -0.25) is 5.32 Å². The van der Waals surface area contributed by atoms with E-state index in [0.29, 0.717) is 5.95 Å². The highest BCUT2D eigenvalue weighted by atomic mass is 16.2. The van der Waals surface area contributed by atoms with Gasteiger partial charge >= 0.3 is 6.03 Å². The summed E-state index contributed by atoms with van der Waals surface area (Å²) < 4.78 is 0. The number of hydrogen-bond acceptors (Lipinski definition) is 2. The fraction of sp³-hybridized carbons (Fsp3) is 0. The van der Waals surface area contributed by atoms with E-state index in [4.69, 9.17) is 5.73 Å². The number of benzene rings is 1. The summed E-state index contributed by atoms with van der Waals surface area (Å²) in [5.41, 5.74) is 8.29. The van der Waals surface area contributed by atoms with E-state index in [2.05, 4.69) is 15.3 Å². The number of H-pyrrole nitrogens is 1. The van der Waals surface area contributed by atoms with Crippen molar-refractivity contribution >= 4 is 23.0 Å². The number of amides is 2. The van der Waals surface area contributed by atoms with Crippen LogP contribution in [-0.2, 0) is 0 Å². The number of anilines is 1. The molecule has 3 N–H and O–H groups in total. The van der Waals surface area contributed by atoms with Crippen LogP contribution < -0.4 is 11.1 Å². The lowest BCUT2D eigenvalue weighted by atomic mass is 10.3. The average Bonchev–Trinajstić information content (AvgIpc) is 2.44. The molecule has 2 amide bonds. The minimum absolute atomic E-state index is 0.307. The van der Waals surface area contributed by atoms with Crippen LogP contribution in [0, 0.1) is 0 Å². The Morgan fingerprint density at radius 1 is 1.46 bits per heavy atom. The summed E-state index contributed by atoms with van der Waals surface area (Å²) in [6.45, 7) is 0. The second-order valence-electron chi connectivity index (χ2n) is 2.56. The summed E-state index contributed by atoms with van der Waals surface area (Å²) in [5.74, 6) is 0.307. The predicted octanol–water partition coefficient (Wildman–Crippen LogP) is 1.38. The standard InChI is InChI=1S/C8H7N4O/c9-7(13)12-8-10-5-3-1-2-4-6(5)11-8/h1-4,9H,(H2,10,11,12,13). The number of nitrogens with one attached hydrogen (secondary N) is 3. The van der Waals surface area contributed by atoms with Crippen LogP contribution in [-0.4, -0.2) is 16.0 Å². The van der Waals surface area contributed by atoms with E-state index in [1.807, 2.05) is 24.3 Å². The van der Waals surface area contributed by atoms with Crippen LogP contribution in [0.15, 0.2) is 24.3 Å². The van der Waals surface area contributed by atoms with Crippen LogP contribution in [0.25, 0.3) is 11.0 Å². The number of imidazole rings is 1. The van der Waals surface area contributed by atoms with E-state index >= 15 is 0 Å². The molecule has 0 unspecified atom stereocenters. The molecule has 13 heavy (non-hydrogen) atoms. The van der Waals surface area contributed by atoms with Gasteiger partial charge in [-0.05, 0) is 12.1 Å². The maximum absolute atomic E-state index is 10.4. The Morgan fingerprint density at radius 2 is 2.23 bits per heavy atom. The largest absolute Gasteiger partial charge is 0.340 e. The number of carbonyl (C=O) groups excluding carboxylic acids is 1. The number of fused-ring (bicyclic) bond motifs is 1. The zero-order valence-electron chi connectivity index (χ0n) is 6.66. The van der Waals surface area contributed by atoms with Gasteiger partial charge in [-0.25, -0.2) is 15.5 Å². The molecule has 0 aliphatic carbocycles. The first-order valence-corrected chi connectivity index (χ1v) is 3.73. The highest BCUT2D eigenvalue weighted by molar-refractivity contribution is 5.88. The van der Waals surface area contributed by atoms with Crippen LogP contribution in [0.4, 0.5) is 10.7 Å². The Kier molecular flexibility index (Phi) is 1.63. The third kappa shape index (κ3) is 1.44. The van der Waals surface area contributed by atoms with Crippen molar-refractivity contribution in [2.24, 2.45) is 0 Å². The van der Waals surface area contributed by atoms with Crippen molar-refractivity contribution in [2.75, 3.05) is 5.32 Å². The van der Waals surface area contributed by atoms with Crippen LogP contribution >= 0.6 is 0 Å². The van der Waals surface area contributed by atoms with Crippen LogP contribution in [0.2, 0.25) is 0 Å². The van der Waals surface area contributed by atoms with E-state index < -0.39 is 6.03 Å². The molecule has 1 radical (unpaired) electrons. The monoisotopic (exact) mass is 175 g/mol. The second-order valence-corrected chi connectivity index (χ2v) is 2.56. The zero-order chi connectivity index (χ0) is 9.26. The molecule has 0 saturated carbocycles. The smallest absolute Gasteiger partial charge is 0.324 e. The molecule has 0 bridgehead atoms. The molecule has 0 aliphatic heterocycles. The van der Waals surface area contributed by atoms with Crippen molar-refractivity contribution < 1.29 is 4.79 Å². The van der Waals surface area contributed by atoms with Crippen molar-refractivity contribution in [3.05, 3.63) is 24.3 Å². The number of aromatic amines is 1. The minimum atomic E-state index is -0.876. The molecule has 0 fully saturated rings. The molecule has 0 spiro atoms. The van der Waals surface area contributed by atoms with Gasteiger partial charge in [0.2, 0.25) is 5.95 Å². The summed E-state index contributed by atoms with van der Waals surface area (Å²) in [4.78, 5) is 17.3. The lowest BCUT2D eigenvalue weighted by molar-refractivity contribution is 0.258. The summed E-state index contributed by atoms with van der Waals surface area (Å²) in [6, 6.07) is 6.52. The predicted molar refractivity (Wildman–Crippen MR) is 48.2 cm³/mol. The van der Waals surface area contributed by atoms with Crippen LogP contribution in [0.1, 0.15) is 0 Å². The van der Waals surface area contributed by atoms with Crippen molar-refractivity contribution in [1.82, 2.24) is 15.7 Å². The molecule has 0 atom stereocenters. The lowest BCUT2D eigenvalue weighted by Crippen LogP contribution is -2.10. The molecule has 1 aromatic heterocycles. The van der Waals surface area contributed by atoms with Gasteiger partial charge in [-0.15, -0.1) is 0 Å². The molecule has 2 aromatic rings. The lowest BCUT2D eigenvalue weighted by Gasteiger charge is -1.91. The van der Waals surface area contributed by atoms with Gasteiger partial charge < -0.3 is 4.98 Å². The van der Waals surface area contributed by atoms with Gasteiger partial charge in [0.25, 0.3) is 0 Å². The molecular weight excluding hydrogens is 168 g/mol. The summed E-state index contributed by atoms with van der Waals surface area (Å²) >= 11 is 0. The highest BCUT2D eigenvalue weighted by Gasteiger charge is 2.02. The Morgan fingerprint density at radius 3 is 2.92 bits per heavy atom. The third-order valence-corrected chi connectivity index (χ3v) is 1.62. The number of hydrogen-bond donors (Lipinski definition) is 2. The van der Waals surface area contributed by atoms with Gasteiger partial charge in [0.15, 0.2) is 0 Å². The number of urea groups is 1. The Labute approximate surface area is 74.0 Å². The van der Waals surface area contributed by atoms with E-state index in [1.54, 1.807) is 0 Å². The van der Waals surface area contributed by atoms with Crippen molar-refractivity contribution in [2.45, 2.75) is 0 Å². The van der Waals surface area contributed by atoms with E-state index in [1.165, 1.54) is 0 Å². The van der Waals surface area contributed by atoms with Crippen LogP contribution in [0.5, 0.6) is 0 Å². The molecule has 2 rings (SSSR count). The Balaban J connectivity index is 2.44. The van der Waals surface area contributed by atoms with Crippen molar-refractivity contribution in [1.29, 1.82) is 0 Å². The van der Waals surface area contributed by atoms with Crippen LogP contribution in [0.3, 0.4) is 0 Å². The normalized spacial score (nSPS) is 10.2. The first-order chi connectivity index (χ1) is 6.25. The van der Waals surface area contributed by atoms with Gasteiger partial charge in [0.1, 0.15) is 0 Å². The topological polar surface area (TPSA) is 81.6 Å². The Bertz CT molecular complexity index is 415. The van der Waals surface area contributed by atoms with Crippen molar-refractivity contribution in [3.63, 3.8) is 0 Å². The summed E-state index contributed by atoms with van der Waals surface area (Å²) in [7, 11) is 0. The maximum Gasteiger partial charge on any atom is 0.340 e. The molecule has 1 heterocycles. The van der Waals surface area contributed by atoms with Gasteiger partial charge in [0.05, 0.1) is 11.0 Å². The van der Waals surface area contributed by atoms with Crippen molar-refractivity contribution in [3.8, 4) is 0 Å². The van der Waals surface area contributed by atoms with E-state index in [9.17, 15) is 4.79 Å². The molecule has 1 aromatic carbocycles. The molecule has 5 nitrogen and oxygen atoms in total. The third-order valence-electron chi connectivity index (χ3n) is 1.62. The first-order valence-electron chi connectivity index (χ1n) is 3.73. The number of aromatic nitrogens is 2. The van der Waals surface area contributed by atoms with Gasteiger partial charge in [0, 0.05) is 0 Å². The SMILES string of the molecule is [NH]C(=O)Nc1nc2ccccc2[nH]1. The Hall–Kier alpha value is -2.04. The minimum Gasteiger partial charge on any atom is -0.324 e. The zero-order valence-corrected chi connectivity index (χ0v) is 6.66. The van der Waals surface area contributed by atoms with Gasteiger partial charge in [-0.2, -0.15) is 0 Å². The molecule has 0 saturated heterocycles. The maximum atomic E-state index is 10.4. The first kappa shape index (κ1) is 7.60. The highest BCUT2D eigenvalue weighted by Crippen LogP contribution is 2.12. The van der Waals surface area contributed by atoms with E-state index in [-0.39, 0.29) is 0 Å². The molecular formula is C8H7N4O. The quantitative estimate of drug-likeness (QED) is 0.686. The number of rotatable bonds is 1. The fourth-order valence-corrected chi connectivity index (χ4v) is 1.12. The molecule has 0 aliphatic rings. The number of carbonyl (C=O) groups is 1. The van der Waals surface area contributed by atoms with E-state index in [0.717, 1.165) is 11.0 Å². The second kappa shape index (κ2) is 2.78. The van der Waals surface area contributed by atoms with Gasteiger partial charge in [-0.1, -0.05) is 12.1 Å². The fourth-order valence-electron chi connectivity index (χ4n) is 1.12. The molecule has 5 heteroatoms. The number of nitrogens with zero attached hydrogens (tertiary/aromatic N) is 1. The average molecular weight is 175 g/mol. The number of para-hydroxylation sites is 2. The summed E-state index contributed by atoms with van der Waals surface area (Å²) in [6.07, 6.45) is 0. The molecule has 65 valence electrons.